The van der Waals surface area contributed by atoms with Crippen LogP contribution in [0.15, 0.2) is 35.5 Å². The zero-order valence-electron chi connectivity index (χ0n) is 10.00. The van der Waals surface area contributed by atoms with Crippen LogP contribution in [0, 0.1) is 11.8 Å². The number of hydrogen-bond donors (Lipinski definition) is 0. The van der Waals surface area contributed by atoms with Gasteiger partial charge >= 0.3 is 0 Å². The molecule has 15 heavy (non-hydrogen) atoms. The van der Waals surface area contributed by atoms with Gasteiger partial charge in [-0.25, -0.2) is 0 Å². The van der Waals surface area contributed by atoms with E-state index in [1.807, 2.05) is 0 Å². The van der Waals surface area contributed by atoms with Gasteiger partial charge in [0, 0.05) is 0 Å². The highest BCUT2D eigenvalue weighted by Crippen LogP contribution is 2.35. The second-order valence-electron chi connectivity index (χ2n) is 4.94. The molecule has 0 N–H and O–H groups in total. The number of allylic oxidation sites excluding steroid dienone is 6. The number of hydrogen-bond acceptors (Lipinski definition) is 0. The second-order valence-corrected chi connectivity index (χ2v) is 4.94. The summed E-state index contributed by atoms with van der Waals surface area (Å²) in [7, 11) is 0. The quantitative estimate of drug-likeness (QED) is 0.625. The van der Waals surface area contributed by atoms with Gasteiger partial charge in [0.1, 0.15) is 0 Å². The summed E-state index contributed by atoms with van der Waals surface area (Å²) in [6.45, 7) is 4.68. The van der Waals surface area contributed by atoms with Crippen LogP contribution in [0.3, 0.4) is 0 Å². The topological polar surface area (TPSA) is 0 Å². The van der Waals surface area contributed by atoms with Gasteiger partial charge in [0.2, 0.25) is 0 Å². The Morgan fingerprint density at radius 1 is 1.33 bits per heavy atom. The van der Waals surface area contributed by atoms with Gasteiger partial charge in [-0.05, 0) is 49.5 Å². The third-order valence-corrected chi connectivity index (χ3v) is 3.85. The Labute approximate surface area is 93.8 Å². The molecule has 82 valence electrons. The zero-order chi connectivity index (χ0) is 10.7. The van der Waals surface area contributed by atoms with Gasteiger partial charge in [-0.2, -0.15) is 0 Å². The minimum atomic E-state index is 0.809. The van der Waals surface area contributed by atoms with Crippen molar-refractivity contribution < 1.29 is 0 Å². The molecule has 0 aliphatic heterocycles. The van der Waals surface area contributed by atoms with Crippen LogP contribution in [0.2, 0.25) is 0 Å². The fraction of sp³-hybridized carbons (Fsp3) is 0.600. The highest BCUT2D eigenvalue weighted by molar-refractivity contribution is 5.33. The van der Waals surface area contributed by atoms with Crippen molar-refractivity contribution >= 4 is 0 Å². The summed E-state index contributed by atoms with van der Waals surface area (Å²) in [6.07, 6.45) is 16.0. The first-order valence-corrected chi connectivity index (χ1v) is 6.38. The van der Waals surface area contributed by atoms with Gasteiger partial charge in [-0.15, -0.1) is 0 Å². The van der Waals surface area contributed by atoms with Crippen molar-refractivity contribution in [3.05, 3.63) is 35.5 Å². The first-order chi connectivity index (χ1) is 7.31. The maximum absolute atomic E-state index is 2.44. The summed E-state index contributed by atoms with van der Waals surface area (Å²) in [5.41, 5.74) is 3.13. The molecule has 0 aromatic rings. The molecule has 0 fully saturated rings. The molecule has 2 rings (SSSR count). The minimum absolute atomic E-state index is 0.809. The first-order valence-electron chi connectivity index (χ1n) is 6.38. The largest absolute Gasteiger partial charge is 0.0813 e. The van der Waals surface area contributed by atoms with E-state index in [1.165, 1.54) is 32.1 Å². The van der Waals surface area contributed by atoms with E-state index in [9.17, 15) is 0 Å². The standard InChI is InChI=1S/C15H22/c1-3-15-12(2)8-10-14(15)11-9-13-6-4-5-7-13/h6,9-12,15H,3-5,7-8H2,1-2H3/b11-9-/t12-,15-/m1/s1. The molecule has 0 nitrogen and oxygen atoms in total. The van der Waals surface area contributed by atoms with Crippen LogP contribution in [0.5, 0.6) is 0 Å². The second kappa shape index (κ2) is 4.83. The lowest BCUT2D eigenvalue weighted by atomic mass is 9.90. The van der Waals surface area contributed by atoms with Crippen molar-refractivity contribution in [3.8, 4) is 0 Å². The molecule has 0 radical (unpaired) electrons. The Balaban J connectivity index is 1.99. The molecule has 2 aliphatic rings. The van der Waals surface area contributed by atoms with Crippen molar-refractivity contribution in [3.63, 3.8) is 0 Å². The Morgan fingerprint density at radius 2 is 2.20 bits per heavy atom. The molecule has 0 aromatic heterocycles. The van der Waals surface area contributed by atoms with Crippen LogP contribution < -0.4 is 0 Å². The van der Waals surface area contributed by atoms with E-state index in [2.05, 4.69) is 38.2 Å². The smallest absolute Gasteiger partial charge is 0.0139 e. The molecule has 2 atom stereocenters. The fourth-order valence-corrected chi connectivity index (χ4v) is 2.85. The lowest BCUT2D eigenvalue weighted by Crippen LogP contribution is -2.05. The zero-order valence-corrected chi connectivity index (χ0v) is 10.00. The average molecular weight is 202 g/mol. The van der Waals surface area contributed by atoms with Gasteiger partial charge < -0.3 is 0 Å². The first kappa shape index (κ1) is 10.7. The van der Waals surface area contributed by atoms with Crippen LogP contribution in [-0.4, -0.2) is 0 Å². The highest BCUT2D eigenvalue weighted by Gasteiger charge is 2.22. The summed E-state index contributed by atoms with van der Waals surface area (Å²) in [5.74, 6) is 1.66. The maximum Gasteiger partial charge on any atom is -0.0139 e. The Kier molecular flexibility index (Phi) is 3.45. The average Bonchev–Trinajstić information content (AvgIpc) is 2.84. The lowest BCUT2D eigenvalue weighted by molar-refractivity contribution is 0.439. The van der Waals surface area contributed by atoms with E-state index in [-0.39, 0.29) is 0 Å². The van der Waals surface area contributed by atoms with Crippen molar-refractivity contribution in [1.29, 1.82) is 0 Å². The van der Waals surface area contributed by atoms with E-state index in [0.717, 1.165) is 11.8 Å². The van der Waals surface area contributed by atoms with E-state index < -0.39 is 0 Å². The van der Waals surface area contributed by atoms with Crippen LogP contribution in [0.25, 0.3) is 0 Å². The summed E-state index contributed by atoms with van der Waals surface area (Å²) in [4.78, 5) is 0. The van der Waals surface area contributed by atoms with Crippen LogP contribution in [0.4, 0.5) is 0 Å². The lowest BCUT2D eigenvalue weighted by Gasteiger charge is -2.15. The van der Waals surface area contributed by atoms with E-state index >= 15 is 0 Å². The van der Waals surface area contributed by atoms with E-state index in [0.29, 0.717) is 0 Å². The highest BCUT2D eigenvalue weighted by atomic mass is 14.3. The van der Waals surface area contributed by atoms with Gasteiger partial charge in [0.05, 0.1) is 0 Å². The molecule has 0 heteroatoms. The Bertz CT molecular complexity index is 304. The molecule has 2 aliphatic carbocycles. The maximum atomic E-state index is 2.44. The van der Waals surface area contributed by atoms with Crippen molar-refractivity contribution in [2.75, 3.05) is 0 Å². The molecule has 0 heterocycles. The summed E-state index contributed by atoms with van der Waals surface area (Å²) in [6, 6.07) is 0. The third kappa shape index (κ3) is 2.42. The fourth-order valence-electron chi connectivity index (χ4n) is 2.85. The van der Waals surface area contributed by atoms with Crippen molar-refractivity contribution in [1.82, 2.24) is 0 Å². The van der Waals surface area contributed by atoms with Gasteiger partial charge in [-0.1, -0.05) is 43.7 Å². The molecule has 0 unspecified atom stereocenters. The molecule has 0 aromatic carbocycles. The van der Waals surface area contributed by atoms with Gasteiger partial charge in [-0.3, -0.25) is 0 Å². The van der Waals surface area contributed by atoms with E-state index in [1.54, 1.807) is 11.1 Å². The molecule has 0 saturated heterocycles. The predicted octanol–water partition coefficient (Wildman–Crippen LogP) is 4.65. The molecule has 0 saturated carbocycles. The third-order valence-electron chi connectivity index (χ3n) is 3.85. The Morgan fingerprint density at radius 3 is 2.87 bits per heavy atom. The summed E-state index contributed by atoms with van der Waals surface area (Å²) in [5, 5.41) is 0. The van der Waals surface area contributed by atoms with Crippen molar-refractivity contribution in [2.45, 2.75) is 46.0 Å². The molecular weight excluding hydrogens is 180 g/mol. The van der Waals surface area contributed by atoms with Gasteiger partial charge in [0.25, 0.3) is 0 Å². The monoisotopic (exact) mass is 202 g/mol. The van der Waals surface area contributed by atoms with Crippen molar-refractivity contribution in [2.24, 2.45) is 11.8 Å². The van der Waals surface area contributed by atoms with Crippen LogP contribution in [-0.2, 0) is 0 Å². The van der Waals surface area contributed by atoms with E-state index in [4.69, 9.17) is 0 Å². The minimum Gasteiger partial charge on any atom is -0.0813 e. The summed E-state index contributed by atoms with van der Waals surface area (Å²) >= 11 is 0. The molecular formula is C15H22. The SMILES string of the molecule is CC[C@H]1C(/C=C\C2=CCCC2)=CC[C@H]1C. The van der Waals surface area contributed by atoms with Gasteiger partial charge in [0.15, 0.2) is 0 Å². The molecule has 0 spiro atoms. The van der Waals surface area contributed by atoms with Crippen LogP contribution in [0.1, 0.15) is 46.0 Å². The predicted molar refractivity (Wildman–Crippen MR) is 66.7 cm³/mol. The Hall–Kier alpha value is -0.780. The summed E-state index contributed by atoms with van der Waals surface area (Å²) < 4.78 is 0. The molecule has 0 amide bonds. The normalized spacial score (nSPS) is 31.1. The number of rotatable bonds is 3. The molecule has 0 bridgehead atoms. The van der Waals surface area contributed by atoms with Crippen LogP contribution >= 0.6 is 0 Å².